The Balaban J connectivity index is 1.16. The number of rotatable bonds is 10. The number of aromatic nitrogens is 7. The van der Waals surface area contributed by atoms with Crippen molar-refractivity contribution in [2.24, 2.45) is 0 Å². The summed E-state index contributed by atoms with van der Waals surface area (Å²) in [6.07, 6.45) is 1.71. The van der Waals surface area contributed by atoms with E-state index in [1.165, 1.54) is 21.7 Å². The summed E-state index contributed by atoms with van der Waals surface area (Å²) in [6, 6.07) is 10.0. The van der Waals surface area contributed by atoms with Crippen molar-refractivity contribution in [1.82, 2.24) is 38.0 Å². The molecule has 5 heterocycles. The first-order valence-electron chi connectivity index (χ1n) is 13.3. The fourth-order valence-corrected chi connectivity index (χ4v) is 5.62. The second kappa shape index (κ2) is 11.2. The standard InChI is InChI=1S/C26H32N10O3S/c1-3-34-21-23(30-25(27)36-24(21)29-22(31-36)20-8-9-28-40-20)35(26(34)37)15-12-32-10-13-33(14-11-32)18-4-6-19(7-5-18)39-17-16-38-2/h4-9H,3,10-17H2,1-2H3,(H2,27,30). The van der Waals surface area contributed by atoms with E-state index >= 15 is 0 Å². The summed E-state index contributed by atoms with van der Waals surface area (Å²) >= 11 is 1.31. The molecule has 1 saturated heterocycles. The molecule has 0 atom stereocenters. The molecule has 14 heteroatoms. The Morgan fingerprint density at radius 1 is 0.975 bits per heavy atom. The molecule has 4 aromatic heterocycles. The van der Waals surface area contributed by atoms with Crippen LogP contribution < -0.4 is 21.1 Å². The van der Waals surface area contributed by atoms with Crippen molar-refractivity contribution >= 4 is 40.0 Å². The van der Waals surface area contributed by atoms with Gasteiger partial charge in [-0.3, -0.25) is 14.0 Å². The maximum atomic E-state index is 13.5. The number of nitrogens with two attached hydrogens (primary N) is 1. The summed E-state index contributed by atoms with van der Waals surface area (Å²) in [5.74, 6) is 1.54. The number of piperazine rings is 1. The monoisotopic (exact) mass is 564 g/mol. The highest BCUT2D eigenvalue weighted by Gasteiger charge is 2.23. The Kier molecular flexibility index (Phi) is 7.36. The van der Waals surface area contributed by atoms with Gasteiger partial charge in [-0.15, -0.1) is 5.10 Å². The van der Waals surface area contributed by atoms with Crippen LogP contribution in [0.1, 0.15) is 6.92 Å². The molecular weight excluding hydrogens is 532 g/mol. The zero-order valence-electron chi connectivity index (χ0n) is 22.6. The summed E-state index contributed by atoms with van der Waals surface area (Å²) in [5.41, 5.74) is 9.05. The largest absolute Gasteiger partial charge is 0.491 e. The topological polar surface area (TPSA) is 134 Å². The normalized spacial score (nSPS) is 14.5. The molecule has 40 heavy (non-hydrogen) atoms. The van der Waals surface area contributed by atoms with Gasteiger partial charge >= 0.3 is 5.69 Å². The van der Waals surface area contributed by atoms with Gasteiger partial charge in [-0.2, -0.15) is 9.50 Å². The van der Waals surface area contributed by atoms with Gasteiger partial charge in [0, 0.05) is 64.8 Å². The third-order valence-electron chi connectivity index (χ3n) is 7.20. The minimum absolute atomic E-state index is 0.119. The fourth-order valence-electron chi connectivity index (χ4n) is 5.09. The van der Waals surface area contributed by atoms with E-state index in [9.17, 15) is 4.79 Å². The first-order valence-corrected chi connectivity index (χ1v) is 14.1. The van der Waals surface area contributed by atoms with Gasteiger partial charge in [0.25, 0.3) is 0 Å². The Bertz CT molecular complexity index is 1650. The van der Waals surface area contributed by atoms with Crippen LogP contribution in [0.15, 0.2) is 41.3 Å². The molecule has 0 radical (unpaired) electrons. The predicted octanol–water partition coefficient (Wildman–Crippen LogP) is 1.81. The summed E-state index contributed by atoms with van der Waals surface area (Å²) in [5, 5.41) is 4.53. The molecule has 2 N–H and O–H groups in total. The highest BCUT2D eigenvalue weighted by atomic mass is 32.1. The average molecular weight is 565 g/mol. The lowest BCUT2D eigenvalue weighted by Crippen LogP contribution is -2.47. The van der Waals surface area contributed by atoms with Crippen LogP contribution in [0.4, 0.5) is 11.6 Å². The molecule has 0 spiro atoms. The molecule has 1 aliphatic heterocycles. The van der Waals surface area contributed by atoms with E-state index < -0.39 is 0 Å². The zero-order valence-corrected chi connectivity index (χ0v) is 23.4. The number of nitrogens with zero attached hydrogens (tertiary/aromatic N) is 9. The van der Waals surface area contributed by atoms with Crippen molar-refractivity contribution in [3.05, 3.63) is 47.0 Å². The lowest BCUT2D eigenvalue weighted by Gasteiger charge is -2.36. The minimum atomic E-state index is -0.119. The van der Waals surface area contributed by atoms with Gasteiger partial charge in [0.05, 0.1) is 11.5 Å². The van der Waals surface area contributed by atoms with E-state index in [0.717, 1.165) is 43.4 Å². The molecule has 1 fully saturated rings. The van der Waals surface area contributed by atoms with E-state index in [4.69, 9.17) is 20.2 Å². The van der Waals surface area contributed by atoms with Crippen molar-refractivity contribution in [2.75, 3.05) is 63.7 Å². The maximum absolute atomic E-state index is 13.5. The number of methoxy groups -OCH3 is 1. The number of benzene rings is 1. The van der Waals surface area contributed by atoms with Gasteiger partial charge in [-0.25, -0.2) is 14.2 Å². The molecule has 1 aliphatic rings. The van der Waals surface area contributed by atoms with Crippen LogP contribution in [0.2, 0.25) is 0 Å². The molecule has 0 aliphatic carbocycles. The van der Waals surface area contributed by atoms with Gasteiger partial charge in [0.15, 0.2) is 17.1 Å². The Hall–Kier alpha value is -4.01. The van der Waals surface area contributed by atoms with E-state index in [0.29, 0.717) is 48.9 Å². The molecular formula is C26H32N10O3S. The Labute approximate surface area is 234 Å². The summed E-state index contributed by atoms with van der Waals surface area (Å²) in [4.78, 5) is 28.4. The molecule has 0 bridgehead atoms. The maximum Gasteiger partial charge on any atom is 0.330 e. The smallest absolute Gasteiger partial charge is 0.330 e. The van der Waals surface area contributed by atoms with E-state index in [2.05, 4.69) is 36.4 Å². The highest BCUT2D eigenvalue weighted by Crippen LogP contribution is 2.25. The number of aryl methyl sites for hydroxylation is 1. The minimum Gasteiger partial charge on any atom is -0.491 e. The van der Waals surface area contributed by atoms with Crippen molar-refractivity contribution in [3.63, 3.8) is 0 Å². The summed E-state index contributed by atoms with van der Waals surface area (Å²) < 4.78 is 19.8. The Morgan fingerprint density at radius 3 is 2.48 bits per heavy atom. The molecule has 0 saturated carbocycles. The van der Waals surface area contributed by atoms with E-state index in [-0.39, 0.29) is 11.6 Å². The van der Waals surface area contributed by atoms with Crippen LogP contribution >= 0.6 is 11.5 Å². The van der Waals surface area contributed by atoms with Gasteiger partial charge in [-0.05, 0) is 48.8 Å². The number of anilines is 2. The number of imidazole rings is 1. The quantitative estimate of drug-likeness (QED) is 0.250. The van der Waals surface area contributed by atoms with Crippen molar-refractivity contribution in [3.8, 4) is 16.5 Å². The summed E-state index contributed by atoms with van der Waals surface area (Å²) in [7, 11) is 1.66. The molecule has 5 aromatic rings. The number of ether oxygens (including phenoxy) is 2. The average Bonchev–Trinajstić information content (AvgIpc) is 3.71. The van der Waals surface area contributed by atoms with Gasteiger partial charge < -0.3 is 20.1 Å². The number of nitrogen functional groups attached to an aromatic ring is 1. The van der Waals surface area contributed by atoms with Crippen LogP contribution in [-0.2, 0) is 17.8 Å². The van der Waals surface area contributed by atoms with Crippen molar-refractivity contribution in [1.29, 1.82) is 0 Å². The van der Waals surface area contributed by atoms with Gasteiger partial charge in [0.1, 0.15) is 17.9 Å². The molecule has 13 nitrogen and oxygen atoms in total. The fraction of sp³-hybridized carbons (Fsp3) is 0.423. The molecule has 6 rings (SSSR count). The zero-order chi connectivity index (χ0) is 27.6. The SMILES string of the molecule is CCn1c(=O)n(CCN2CCN(c3ccc(OCCOC)cc3)CC2)c2nc(N)n3nc(-c4ccns4)nc3c21. The van der Waals surface area contributed by atoms with Crippen LogP contribution in [0.25, 0.3) is 27.5 Å². The van der Waals surface area contributed by atoms with Crippen LogP contribution in [0.3, 0.4) is 0 Å². The van der Waals surface area contributed by atoms with Crippen molar-refractivity contribution < 1.29 is 9.47 Å². The number of hydrogen-bond donors (Lipinski definition) is 1. The third kappa shape index (κ3) is 4.89. The van der Waals surface area contributed by atoms with Crippen molar-refractivity contribution in [2.45, 2.75) is 20.0 Å². The van der Waals surface area contributed by atoms with Crippen LogP contribution in [-0.4, -0.2) is 91.0 Å². The first kappa shape index (κ1) is 26.2. The lowest BCUT2D eigenvalue weighted by molar-refractivity contribution is 0.146. The van der Waals surface area contributed by atoms with Gasteiger partial charge in [-0.1, -0.05) is 0 Å². The molecule has 0 amide bonds. The van der Waals surface area contributed by atoms with Crippen LogP contribution in [0.5, 0.6) is 5.75 Å². The predicted molar refractivity (Wildman–Crippen MR) is 154 cm³/mol. The second-order valence-corrected chi connectivity index (χ2v) is 10.4. The second-order valence-electron chi connectivity index (χ2n) is 9.53. The molecule has 1 aromatic carbocycles. The molecule has 210 valence electrons. The molecule has 0 unspecified atom stereocenters. The number of fused-ring (bicyclic) bond motifs is 3. The first-order chi connectivity index (χ1) is 19.6. The highest BCUT2D eigenvalue weighted by molar-refractivity contribution is 7.09. The van der Waals surface area contributed by atoms with Crippen LogP contribution in [0, 0.1) is 0 Å². The Morgan fingerprint density at radius 2 is 1.77 bits per heavy atom. The van der Waals surface area contributed by atoms with Gasteiger partial charge in [0.2, 0.25) is 5.95 Å². The number of hydrogen-bond acceptors (Lipinski definition) is 11. The third-order valence-corrected chi connectivity index (χ3v) is 7.94. The lowest BCUT2D eigenvalue weighted by atomic mass is 10.2. The van der Waals surface area contributed by atoms with E-state index in [1.807, 2.05) is 25.1 Å². The van der Waals surface area contributed by atoms with E-state index in [1.54, 1.807) is 22.4 Å². The summed E-state index contributed by atoms with van der Waals surface area (Å²) in [6.45, 7) is 8.37.